The van der Waals surface area contributed by atoms with Crippen LogP contribution in [0.4, 0.5) is 18.0 Å². The van der Waals surface area contributed by atoms with Gasteiger partial charge in [-0.2, -0.15) is 21.6 Å². The molecule has 0 aromatic heterocycles. The Morgan fingerprint density at radius 1 is 1.06 bits per heavy atom. The van der Waals surface area contributed by atoms with Gasteiger partial charge in [0.05, 0.1) is 11.6 Å². The summed E-state index contributed by atoms with van der Waals surface area (Å²) in [5.74, 6) is -4.82. The van der Waals surface area contributed by atoms with Gasteiger partial charge in [0.1, 0.15) is 11.6 Å². The van der Waals surface area contributed by atoms with E-state index >= 15 is 0 Å². The first-order chi connectivity index (χ1) is 16.5. The number of nitrogens with zero attached hydrogens (tertiary/aromatic N) is 1. The Labute approximate surface area is 203 Å². The first-order valence-electron chi connectivity index (χ1n) is 10.4. The van der Waals surface area contributed by atoms with Crippen molar-refractivity contribution in [1.29, 1.82) is 0 Å². The van der Waals surface area contributed by atoms with Crippen LogP contribution < -0.4 is 5.32 Å². The molecule has 0 bridgehead atoms. The average Bonchev–Trinajstić information content (AvgIpc) is 2.75. The Hall–Kier alpha value is -3.62. The van der Waals surface area contributed by atoms with Crippen molar-refractivity contribution >= 4 is 34.1 Å². The fourth-order valence-corrected chi connectivity index (χ4v) is 4.00. The monoisotopic (exact) mass is 534 g/mol. The third kappa shape index (κ3) is 5.61. The van der Waals surface area contributed by atoms with Crippen LogP contribution in [0.5, 0.6) is 0 Å². The minimum Gasteiger partial charge on any atom is -0.444 e. The number of halogens is 3. The number of hydrogen-bond acceptors (Lipinski definition) is 9. The number of alkyl carbamates (subject to hydrolysis) is 1. The lowest BCUT2D eigenvalue weighted by Crippen LogP contribution is -2.72. The third-order valence-electron chi connectivity index (χ3n) is 4.95. The molecule has 0 aliphatic carbocycles. The van der Waals surface area contributed by atoms with Crippen LogP contribution in [0.3, 0.4) is 0 Å². The van der Waals surface area contributed by atoms with Gasteiger partial charge in [-0.25, -0.2) is 14.4 Å². The van der Waals surface area contributed by atoms with Gasteiger partial charge in [-0.15, -0.1) is 0 Å². The Balaban J connectivity index is 1.91. The van der Waals surface area contributed by atoms with Crippen LogP contribution >= 0.6 is 0 Å². The van der Waals surface area contributed by atoms with E-state index < -0.39 is 75.1 Å². The molecule has 1 aromatic rings. The maximum absolute atomic E-state index is 12.9. The second-order valence-electron chi connectivity index (χ2n) is 8.74. The third-order valence-corrected chi connectivity index (χ3v) is 5.93. The van der Waals surface area contributed by atoms with E-state index in [0.29, 0.717) is 4.90 Å². The highest BCUT2D eigenvalue weighted by atomic mass is 32.2. The number of nitrogens with one attached hydrogen (secondary N) is 1. The van der Waals surface area contributed by atoms with Crippen LogP contribution in [-0.2, 0) is 33.4 Å². The summed E-state index contributed by atoms with van der Waals surface area (Å²) >= 11 is 0. The number of allylic oxidation sites excluding steroid dienone is 1. The van der Waals surface area contributed by atoms with Gasteiger partial charge in [0, 0.05) is 6.42 Å². The molecule has 36 heavy (non-hydrogen) atoms. The molecule has 2 amide bonds. The second-order valence-corrected chi connectivity index (χ2v) is 10.3. The minimum atomic E-state index is -6.21. The summed E-state index contributed by atoms with van der Waals surface area (Å²) in [6, 6.07) is 4.84. The number of carbonyl (C=O) groups excluding carboxylic acids is 4. The summed E-state index contributed by atoms with van der Waals surface area (Å²) in [6.45, 7) is 4.73. The summed E-state index contributed by atoms with van der Waals surface area (Å²) in [5, 5.41) is 2.30. The molecule has 1 aromatic carbocycles. The molecule has 2 aliphatic heterocycles. The summed E-state index contributed by atoms with van der Waals surface area (Å²) in [4.78, 5) is 50.6. The highest BCUT2D eigenvalue weighted by molar-refractivity contribution is 7.87. The van der Waals surface area contributed by atoms with Crippen molar-refractivity contribution in [3.8, 4) is 0 Å². The minimum absolute atomic E-state index is 0.0939. The van der Waals surface area contributed by atoms with E-state index in [1.54, 1.807) is 26.8 Å². The molecular formula is C21H21F3N2O9S. The fraction of sp³-hybridized carbons (Fsp3) is 0.429. The van der Waals surface area contributed by atoms with Crippen molar-refractivity contribution < 1.29 is 54.4 Å². The van der Waals surface area contributed by atoms with Gasteiger partial charge in [0.25, 0.3) is 5.91 Å². The summed E-state index contributed by atoms with van der Waals surface area (Å²) in [7, 11) is -6.21. The van der Waals surface area contributed by atoms with E-state index in [1.165, 1.54) is 24.3 Å². The fourth-order valence-electron chi connectivity index (χ4n) is 3.48. The van der Waals surface area contributed by atoms with Crippen molar-refractivity contribution in [3.05, 3.63) is 47.4 Å². The number of hydrogen-bond donors (Lipinski definition) is 1. The van der Waals surface area contributed by atoms with Gasteiger partial charge in [-0.3, -0.25) is 9.69 Å². The Bertz CT molecular complexity index is 1220. The zero-order valence-corrected chi connectivity index (χ0v) is 19.9. The SMILES string of the molecule is CC(C)(C)OC(=O)N[C@@H]1C(=O)N2C(C(=O)OC(=O)c3ccccc3)=C(OS(=O)(=O)C(F)(F)F)CC[C@H]12. The van der Waals surface area contributed by atoms with Gasteiger partial charge in [-0.05, 0) is 39.3 Å². The highest BCUT2D eigenvalue weighted by Gasteiger charge is 2.57. The Morgan fingerprint density at radius 3 is 2.22 bits per heavy atom. The quantitative estimate of drug-likeness (QED) is 0.198. The molecule has 2 aliphatic rings. The predicted octanol–water partition coefficient (Wildman–Crippen LogP) is 2.35. The number of alkyl halides is 3. The van der Waals surface area contributed by atoms with E-state index in [0.717, 1.165) is 0 Å². The molecule has 1 N–H and O–H groups in total. The van der Waals surface area contributed by atoms with Crippen molar-refractivity contribution in [3.63, 3.8) is 0 Å². The van der Waals surface area contributed by atoms with Crippen LogP contribution in [0.1, 0.15) is 44.0 Å². The molecule has 1 saturated heterocycles. The van der Waals surface area contributed by atoms with Crippen LogP contribution in [0.15, 0.2) is 41.8 Å². The number of ether oxygens (including phenoxy) is 2. The van der Waals surface area contributed by atoms with Crippen LogP contribution in [0.2, 0.25) is 0 Å². The number of amides is 2. The van der Waals surface area contributed by atoms with Gasteiger partial charge in [0.15, 0.2) is 11.5 Å². The maximum atomic E-state index is 12.9. The van der Waals surface area contributed by atoms with Crippen LogP contribution in [-0.4, -0.2) is 60.4 Å². The van der Waals surface area contributed by atoms with Crippen LogP contribution in [0.25, 0.3) is 0 Å². The summed E-state index contributed by atoms with van der Waals surface area (Å²) in [5.41, 5.74) is -7.81. The summed E-state index contributed by atoms with van der Waals surface area (Å²) < 4.78 is 75.8. The normalized spacial score (nSPS) is 20.2. The molecule has 3 rings (SSSR count). The standard InChI is InChI=1S/C21H21F3N2O9S/c1-20(2,3)34-19(30)25-14-12-9-10-13(35-36(31,32)21(22,23)24)15(26(12)16(14)27)18(29)33-17(28)11-7-5-4-6-8-11/h4-8,12,14H,9-10H2,1-3H3,(H,25,30)/t12-,14+/m1/s1. The molecule has 0 unspecified atom stereocenters. The zero-order chi connectivity index (χ0) is 27.1. The van der Waals surface area contributed by atoms with Crippen molar-refractivity contribution in [1.82, 2.24) is 10.2 Å². The number of β-lactam (4-membered cyclic amide) rings is 1. The molecule has 0 spiro atoms. The number of fused-ring (bicyclic) bond motifs is 1. The average molecular weight is 534 g/mol. The van der Waals surface area contributed by atoms with Crippen LogP contribution in [0, 0.1) is 0 Å². The number of benzene rings is 1. The maximum Gasteiger partial charge on any atom is 0.534 e. The van der Waals surface area contributed by atoms with E-state index in [4.69, 9.17) is 9.47 Å². The highest BCUT2D eigenvalue weighted by Crippen LogP contribution is 2.40. The lowest BCUT2D eigenvalue weighted by atomic mass is 9.86. The molecule has 11 nitrogen and oxygen atoms in total. The first-order valence-corrected chi connectivity index (χ1v) is 11.8. The second kappa shape index (κ2) is 9.44. The largest absolute Gasteiger partial charge is 0.534 e. The smallest absolute Gasteiger partial charge is 0.444 e. The number of rotatable bonds is 5. The molecule has 0 saturated carbocycles. The van der Waals surface area contributed by atoms with Crippen molar-refractivity contribution in [2.45, 2.75) is 56.8 Å². The zero-order valence-electron chi connectivity index (χ0n) is 19.1. The lowest BCUT2D eigenvalue weighted by molar-refractivity contribution is -0.155. The van der Waals surface area contributed by atoms with Crippen molar-refractivity contribution in [2.24, 2.45) is 0 Å². The lowest BCUT2D eigenvalue weighted by Gasteiger charge is -2.49. The molecular weight excluding hydrogens is 513 g/mol. The van der Waals surface area contributed by atoms with Gasteiger partial charge in [-0.1, -0.05) is 18.2 Å². The molecule has 196 valence electrons. The van der Waals surface area contributed by atoms with E-state index in [1.807, 2.05) is 0 Å². The van der Waals surface area contributed by atoms with E-state index in [2.05, 4.69) is 9.50 Å². The van der Waals surface area contributed by atoms with E-state index in [9.17, 15) is 40.8 Å². The van der Waals surface area contributed by atoms with Gasteiger partial charge in [0.2, 0.25) is 0 Å². The predicted molar refractivity (Wildman–Crippen MR) is 113 cm³/mol. The molecule has 0 radical (unpaired) electrons. The number of esters is 2. The van der Waals surface area contributed by atoms with Gasteiger partial charge < -0.3 is 19.0 Å². The number of carbonyl (C=O) groups is 4. The van der Waals surface area contributed by atoms with E-state index in [-0.39, 0.29) is 12.0 Å². The molecule has 1 fully saturated rings. The Kier molecular flexibility index (Phi) is 7.08. The first kappa shape index (κ1) is 27.0. The molecule has 2 atom stereocenters. The summed E-state index contributed by atoms with van der Waals surface area (Å²) in [6.07, 6.45) is -1.70. The Morgan fingerprint density at radius 2 is 1.67 bits per heavy atom. The molecule has 15 heteroatoms. The molecule has 2 heterocycles. The van der Waals surface area contributed by atoms with Gasteiger partial charge >= 0.3 is 33.7 Å². The topological polar surface area (TPSA) is 145 Å². The van der Waals surface area contributed by atoms with Crippen molar-refractivity contribution in [2.75, 3.05) is 0 Å².